The minimum atomic E-state index is 0.0575. The van der Waals surface area contributed by atoms with Crippen molar-refractivity contribution in [3.05, 3.63) is 64.2 Å². The lowest BCUT2D eigenvalue weighted by atomic mass is 10.1. The highest BCUT2D eigenvalue weighted by molar-refractivity contribution is 6.30. The molecular formula is C23H26ClN3O2. The molecule has 152 valence electrons. The number of hydrogen-bond donors (Lipinski definition) is 0. The number of aryl methyl sites for hydroxylation is 1. The number of rotatable bonds is 4. The van der Waals surface area contributed by atoms with Crippen molar-refractivity contribution in [3.8, 4) is 0 Å². The second-order valence-corrected chi connectivity index (χ2v) is 8.27. The van der Waals surface area contributed by atoms with Crippen molar-refractivity contribution in [1.29, 1.82) is 0 Å². The van der Waals surface area contributed by atoms with Crippen LogP contribution < -0.4 is 4.90 Å². The Labute approximate surface area is 176 Å². The number of amides is 2. The SMILES string of the molecule is Cc1ccc(Cl)cc1N1CCN(C(=O)c2cccc(CN3CCCC3=O)c2)CC1. The van der Waals surface area contributed by atoms with Crippen molar-refractivity contribution < 1.29 is 9.59 Å². The van der Waals surface area contributed by atoms with Crippen molar-refractivity contribution in [2.45, 2.75) is 26.3 Å². The van der Waals surface area contributed by atoms with Gasteiger partial charge in [0.1, 0.15) is 0 Å². The molecule has 29 heavy (non-hydrogen) atoms. The van der Waals surface area contributed by atoms with Gasteiger partial charge in [0.05, 0.1) is 0 Å². The van der Waals surface area contributed by atoms with Crippen molar-refractivity contribution in [2.75, 3.05) is 37.6 Å². The summed E-state index contributed by atoms with van der Waals surface area (Å²) in [5, 5.41) is 0.734. The lowest BCUT2D eigenvalue weighted by molar-refractivity contribution is -0.128. The summed E-state index contributed by atoms with van der Waals surface area (Å²) in [6.45, 7) is 6.41. The monoisotopic (exact) mass is 411 g/mol. The summed E-state index contributed by atoms with van der Waals surface area (Å²) in [5.74, 6) is 0.260. The highest BCUT2D eigenvalue weighted by Gasteiger charge is 2.24. The van der Waals surface area contributed by atoms with Gasteiger partial charge >= 0.3 is 0 Å². The van der Waals surface area contributed by atoms with E-state index >= 15 is 0 Å². The number of likely N-dealkylation sites (tertiary alicyclic amines) is 1. The van der Waals surface area contributed by atoms with Crippen LogP contribution in [0.25, 0.3) is 0 Å². The van der Waals surface area contributed by atoms with Gasteiger partial charge in [-0.05, 0) is 48.7 Å². The Balaban J connectivity index is 1.40. The Morgan fingerprint density at radius 1 is 1.03 bits per heavy atom. The zero-order valence-corrected chi connectivity index (χ0v) is 17.5. The summed E-state index contributed by atoms with van der Waals surface area (Å²) in [5.41, 5.74) is 4.04. The lowest BCUT2D eigenvalue weighted by Gasteiger charge is -2.37. The predicted molar refractivity (Wildman–Crippen MR) is 115 cm³/mol. The molecule has 2 heterocycles. The molecule has 2 aliphatic rings. The van der Waals surface area contributed by atoms with Gasteiger partial charge in [0, 0.05) is 62.0 Å². The van der Waals surface area contributed by atoms with Crippen LogP contribution in [-0.2, 0) is 11.3 Å². The Bertz CT molecular complexity index is 922. The number of piperazine rings is 1. The highest BCUT2D eigenvalue weighted by Crippen LogP contribution is 2.25. The van der Waals surface area contributed by atoms with Gasteiger partial charge in [-0.1, -0.05) is 29.8 Å². The first-order valence-corrected chi connectivity index (χ1v) is 10.6. The molecule has 2 aromatic rings. The standard InChI is InChI=1S/C23H26ClN3O2/c1-17-7-8-20(24)15-21(17)25-10-12-26(13-11-25)23(29)19-5-2-4-18(14-19)16-27-9-3-6-22(27)28/h2,4-5,7-8,14-15H,3,6,9-13,16H2,1H3. The van der Waals surface area contributed by atoms with Crippen LogP contribution in [0.5, 0.6) is 0 Å². The number of nitrogens with zero attached hydrogens (tertiary/aromatic N) is 3. The van der Waals surface area contributed by atoms with E-state index in [1.807, 2.05) is 52.3 Å². The molecule has 2 amide bonds. The van der Waals surface area contributed by atoms with Crippen LogP contribution in [0.1, 0.15) is 34.3 Å². The average molecular weight is 412 g/mol. The highest BCUT2D eigenvalue weighted by atomic mass is 35.5. The van der Waals surface area contributed by atoms with E-state index in [0.29, 0.717) is 31.6 Å². The minimum absolute atomic E-state index is 0.0575. The predicted octanol–water partition coefficient (Wildman–Crippen LogP) is 3.73. The van der Waals surface area contributed by atoms with E-state index in [0.717, 1.165) is 42.3 Å². The van der Waals surface area contributed by atoms with E-state index in [1.54, 1.807) is 0 Å². The molecule has 2 saturated heterocycles. The van der Waals surface area contributed by atoms with E-state index in [-0.39, 0.29) is 11.8 Å². The summed E-state index contributed by atoms with van der Waals surface area (Å²) < 4.78 is 0. The Kier molecular flexibility index (Phi) is 5.76. The fourth-order valence-corrected chi connectivity index (χ4v) is 4.32. The maximum atomic E-state index is 13.0. The molecule has 0 aliphatic carbocycles. The summed E-state index contributed by atoms with van der Waals surface area (Å²) >= 11 is 6.16. The third-order valence-electron chi connectivity index (χ3n) is 5.80. The van der Waals surface area contributed by atoms with Crippen LogP contribution in [-0.4, -0.2) is 54.3 Å². The largest absolute Gasteiger partial charge is 0.368 e. The topological polar surface area (TPSA) is 43.9 Å². The first kappa shape index (κ1) is 19.8. The Morgan fingerprint density at radius 2 is 1.83 bits per heavy atom. The van der Waals surface area contributed by atoms with Gasteiger partial charge in [-0.3, -0.25) is 9.59 Å². The maximum absolute atomic E-state index is 13.0. The Hall–Kier alpha value is -2.53. The van der Waals surface area contributed by atoms with Crippen molar-refractivity contribution in [2.24, 2.45) is 0 Å². The molecule has 6 heteroatoms. The number of benzene rings is 2. The minimum Gasteiger partial charge on any atom is -0.368 e. The number of halogens is 1. The summed E-state index contributed by atoms with van der Waals surface area (Å²) in [7, 11) is 0. The summed E-state index contributed by atoms with van der Waals surface area (Å²) in [6, 6.07) is 13.6. The van der Waals surface area contributed by atoms with Crippen molar-refractivity contribution in [3.63, 3.8) is 0 Å². The third kappa shape index (κ3) is 4.40. The number of carbonyl (C=O) groups is 2. The summed E-state index contributed by atoms with van der Waals surface area (Å²) in [6.07, 6.45) is 1.56. The van der Waals surface area contributed by atoms with E-state index < -0.39 is 0 Å². The lowest BCUT2D eigenvalue weighted by Crippen LogP contribution is -2.49. The molecule has 0 saturated carbocycles. The first-order valence-electron chi connectivity index (χ1n) is 10.2. The molecule has 0 bridgehead atoms. The number of anilines is 1. The van der Waals surface area contributed by atoms with Crippen LogP contribution in [0.2, 0.25) is 5.02 Å². The smallest absolute Gasteiger partial charge is 0.253 e. The van der Waals surface area contributed by atoms with E-state index in [9.17, 15) is 9.59 Å². The number of hydrogen-bond acceptors (Lipinski definition) is 3. The van der Waals surface area contributed by atoms with E-state index in [1.165, 1.54) is 5.56 Å². The summed E-state index contributed by atoms with van der Waals surface area (Å²) in [4.78, 5) is 31.0. The van der Waals surface area contributed by atoms with Crippen LogP contribution in [0.15, 0.2) is 42.5 Å². The molecule has 0 atom stereocenters. The quantitative estimate of drug-likeness (QED) is 0.769. The number of carbonyl (C=O) groups excluding carboxylic acids is 2. The van der Waals surface area contributed by atoms with Gasteiger partial charge in [-0.25, -0.2) is 0 Å². The van der Waals surface area contributed by atoms with Gasteiger partial charge in [-0.2, -0.15) is 0 Å². The van der Waals surface area contributed by atoms with Gasteiger partial charge in [0.15, 0.2) is 0 Å². The molecule has 0 N–H and O–H groups in total. The van der Waals surface area contributed by atoms with Gasteiger partial charge in [-0.15, -0.1) is 0 Å². The van der Waals surface area contributed by atoms with Crippen LogP contribution in [0.4, 0.5) is 5.69 Å². The van der Waals surface area contributed by atoms with Gasteiger partial charge in [0.25, 0.3) is 5.91 Å². The normalized spacial score (nSPS) is 17.2. The first-order chi connectivity index (χ1) is 14.0. The molecule has 0 spiro atoms. The Morgan fingerprint density at radius 3 is 2.55 bits per heavy atom. The molecule has 0 aromatic heterocycles. The van der Waals surface area contributed by atoms with Crippen molar-refractivity contribution >= 4 is 29.1 Å². The molecule has 2 aliphatic heterocycles. The third-order valence-corrected chi connectivity index (χ3v) is 6.03. The molecule has 4 rings (SSSR count). The van der Waals surface area contributed by atoms with Crippen LogP contribution in [0, 0.1) is 6.92 Å². The van der Waals surface area contributed by atoms with Crippen LogP contribution >= 0.6 is 11.6 Å². The zero-order chi connectivity index (χ0) is 20.4. The molecule has 2 fully saturated rings. The van der Waals surface area contributed by atoms with Crippen molar-refractivity contribution in [1.82, 2.24) is 9.80 Å². The zero-order valence-electron chi connectivity index (χ0n) is 16.7. The fraction of sp³-hybridized carbons (Fsp3) is 0.391. The van der Waals surface area contributed by atoms with Crippen LogP contribution in [0.3, 0.4) is 0 Å². The second kappa shape index (κ2) is 8.46. The van der Waals surface area contributed by atoms with E-state index in [2.05, 4.69) is 11.8 Å². The molecule has 5 nitrogen and oxygen atoms in total. The molecule has 0 unspecified atom stereocenters. The fourth-order valence-electron chi connectivity index (χ4n) is 4.15. The maximum Gasteiger partial charge on any atom is 0.253 e. The van der Waals surface area contributed by atoms with Gasteiger partial charge in [0.2, 0.25) is 5.91 Å². The molecule has 0 radical (unpaired) electrons. The van der Waals surface area contributed by atoms with E-state index in [4.69, 9.17) is 11.6 Å². The molecule has 2 aromatic carbocycles. The average Bonchev–Trinajstić information content (AvgIpc) is 3.14. The van der Waals surface area contributed by atoms with Gasteiger partial charge < -0.3 is 14.7 Å². The molecular weight excluding hydrogens is 386 g/mol. The second-order valence-electron chi connectivity index (χ2n) is 7.83.